The molecule has 0 aromatic heterocycles. The highest BCUT2D eigenvalue weighted by atomic mass is 19.1. The summed E-state index contributed by atoms with van der Waals surface area (Å²) in [5.41, 5.74) is 1.29. The molecule has 0 saturated carbocycles. The molecule has 1 aromatic carbocycles. The van der Waals surface area contributed by atoms with E-state index in [1.807, 2.05) is 7.05 Å². The van der Waals surface area contributed by atoms with Gasteiger partial charge in [0, 0.05) is 18.2 Å². The summed E-state index contributed by atoms with van der Waals surface area (Å²) in [5.74, 6) is -1.48. The average Bonchev–Trinajstić information content (AvgIpc) is 2.39. The number of halogens is 1. The predicted molar refractivity (Wildman–Crippen MR) is 78.9 cm³/mol. The van der Waals surface area contributed by atoms with Crippen LogP contribution in [0.3, 0.4) is 0 Å². The summed E-state index contributed by atoms with van der Waals surface area (Å²) in [6.45, 7) is 3.91. The van der Waals surface area contributed by atoms with Gasteiger partial charge in [-0.2, -0.15) is 0 Å². The molecule has 20 heavy (non-hydrogen) atoms. The summed E-state index contributed by atoms with van der Waals surface area (Å²) < 4.78 is 13.5. The smallest absolute Gasteiger partial charge is 0.328 e. The lowest BCUT2D eigenvalue weighted by atomic mass is 10.1. The van der Waals surface area contributed by atoms with Crippen LogP contribution in [0.25, 0.3) is 6.08 Å². The van der Waals surface area contributed by atoms with E-state index >= 15 is 0 Å². The van der Waals surface area contributed by atoms with Crippen LogP contribution in [0.5, 0.6) is 0 Å². The van der Waals surface area contributed by atoms with Gasteiger partial charge in [-0.25, -0.2) is 9.18 Å². The lowest BCUT2D eigenvalue weighted by Crippen LogP contribution is -2.19. The van der Waals surface area contributed by atoms with Gasteiger partial charge in [-0.05, 0) is 43.8 Å². The predicted octanol–water partition coefficient (Wildman–Crippen LogP) is 3.55. The first-order valence-electron chi connectivity index (χ1n) is 6.91. The van der Waals surface area contributed by atoms with Crippen LogP contribution in [0, 0.1) is 5.82 Å². The molecule has 1 aromatic rings. The number of hydrogen-bond donors (Lipinski definition) is 1. The Morgan fingerprint density at radius 1 is 1.40 bits per heavy atom. The van der Waals surface area contributed by atoms with Crippen LogP contribution in [0.15, 0.2) is 24.3 Å². The normalized spacial score (nSPS) is 11.4. The third kappa shape index (κ3) is 5.97. The van der Waals surface area contributed by atoms with Crippen LogP contribution in [0.1, 0.15) is 37.3 Å². The molecular formula is C16H22FNO2. The first-order valence-corrected chi connectivity index (χ1v) is 6.91. The van der Waals surface area contributed by atoms with Crippen molar-refractivity contribution in [3.05, 3.63) is 41.2 Å². The van der Waals surface area contributed by atoms with E-state index in [-0.39, 0.29) is 0 Å². The van der Waals surface area contributed by atoms with Gasteiger partial charge in [0.15, 0.2) is 0 Å². The second-order valence-electron chi connectivity index (χ2n) is 4.97. The molecule has 0 amide bonds. The average molecular weight is 279 g/mol. The Morgan fingerprint density at radius 2 is 2.15 bits per heavy atom. The van der Waals surface area contributed by atoms with Crippen molar-refractivity contribution in [2.75, 3.05) is 13.6 Å². The molecule has 0 spiro atoms. The monoisotopic (exact) mass is 279 g/mol. The van der Waals surface area contributed by atoms with Crippen LogP contribution in [-0.2, 0) is 11.3 Å². The Morgan fingerprint density at radius 3 is 2.80 bits per heavy atom. The van der Waals surface area contributed by atoms with E-state index in [0.717, 1.165) is 31.1 Å². The maximum atomic E-state index is 13.5. The summed E-state index contributed by atoms with van der Waals surface area (Å²) in [6.07, 6.45) is 5.79. The molecule has 0 heterocycles. The fraction of sp³-hybridized carbons (Fsp3) is 0.438. The summed E-state index contributed by atoms with van der Waals surface area (Å²) in [6, 6.07) is 4.82. The summed E-state index contributed by atoms with van der Waals surface area (Å²) in [7, 11) is 2.03. The molecule has 0 unspecified atom stereocenters. The zero-order valence-corrected chi connectivity index (χ0v) is 12.1. The Labute approximate surface area is 119 Å². The SMILES string of the molecule is CCCCCN(C)Cc1ccc(F)c(C=CC(=O)O)c1. The Bertz CT molecular complexity index is 472. The first kappa shape index (κ1) is 16.4. The van der Waals surface area contributed by atoms with Gasteiger partial charge in [0.05, 0.1) is 0 Å². The van der Waals surface area contributed by atoms with E-state index in [2.05, 4.69) is 11.8 Å². The van der Waals surface area contributed by atoms with Gasteiger partial charge in [0.1, 0.15) is 5.82 Å². The molecule has 4 heteroatoms. The molecule has 3 nitrogen and oxygen atoms in total. The van der Waals surface area contributed by atoms with Gasteiger partial charge in [0.25, 0.3) is 0 Å². The van der Waals surface area contributed by atoms with Gasteiger partial charge in [-0.1, -0.05) is 25.8 Å². The molecule has 0 aliphatic carbocycles. The third-order valence-electron chi connectivity index (χ3n) is 3.06. The van der Waals surface area contributed by atoms with Crippen molar-refractivity contribution in [2.45, 2.75) is 32.7 Å². The molecule has 0 aliphatic rings. The molecule has 0 atom stereocenters. The zero-order chi connectivity index (χ0) is 15.0. The third-order valence-corrected chi connectivity index (χ3v) is 3.06. The number of rotatable bonds is 8. The van der Waals surface area contributed by atoms with E-state index in [4.69, 9.17) is 5.11 Å². The quantitative estimate of drug-likeness (QED) is 0.584. The molecule has 0 fully saturated rings. The molecule has 0 aliphatic heterocycles. The number of nitrogens with zero attached hydrogens (tertiary/aromatic N) is 1. The van der Waals surface area contributed by atoms with Crippen LogP contribution in [0.2, 0.25) is 0 Å². The van der Waals surface area contributed by atoms with Crippen LogP contribution in [0.4, 0.5) is 4.39 Å². The molecule has 0 bridgehead atoms. The largest absolute Gasteiger partial charge is 0.478 e. The van der Waals surface area contributed by atoms with E-state index in [1.54, 1.807) is 12.1 Å². The molecule has 110 valence electrons. The van der Waals surface area contributed by atoms with Crippen molar-refractivity contribution >= 4 is 12.0 Å². The second-order valence-corrected chi connectivity index (χ2v) is 4.97. The molecule has 1 rings (SSSR count). The summed E-state index contributed by atoms with van der Waals surface area (Å²) in [4.78, 5) is 12.7. The topological polar surface area (TPSA) is 40.5 Å². The van der Waals surface area contributed by atoms with Crippen LogP contribution < -0.4 is 0 Å². The van der Waals surface area contributed by atoms with Gasteiger partial charge >= 0.3 is 5.97 Å². The summed E-state index contributed by atoms with van der Waals surface area (Å²) in [5, 5.41) is 8.58. The highest BCUT2D eigenvalue weighted by molar-refractivity contribution is 5.85. The number of carboxylic acids is 1. The van der Waals surface area contributed by atoms with Crippen molar-refractivity contribution in [3.63, 3.8) is 0 Å². The fourth-order valence-electron chi connectivity index (χ4n) is 2.00. The minimum Gasteiger partial charge on any atom is -0.478 e. The lowest BCUT2D eigenvalue weighted by Gasteiger charge is -2.16. The highest BCUT2D eigenvalue weighted by Gasteiger charge is 2.04. The van der Waals surface area contributed by atoms with Gasteiger partial charge in [0.2, 0.25) is 0 Å². The van der Waals surface area contributed by atoms with Crippen LogP contribution >= 0.6 is 0 Å². The van der Waals surface area contributed by atoms with E-state index in [0.29, 0.717) is 5.56 Å². The minimum absolute atomic E-state index is 0.312. The van der Waals surface area contributed by atoms with Gasteiger partial charge in [-0.15, -0.1) is 0 Å². The van der Waals surface area contributed by atoms with Crippen molar-refractivity contribution in [1.82, 2.24) is 4.90 Å². The maximum absolute atomic E-state index is 13.5. The van der Waals surface area contributed by atoms with Gasteiger partial charge in [-0.3, -0.25) is 0 Å². The number of hydrogen-bond acceptors (Lipinski definition) is 2. The van der Waals surface area contributed by atoms with Gasteiger partial charge < -0.3 is 10.0 Å². The first-order chi connectivity index (χ1) is 9.52. The number of benzene rings is 1. The second kappa shape index (κ2) is 8.48. The lowest BCUT2D eigenvalue weighted by molar-refractivity contribution is -0.131. The maximum Gasteiger partial charge on any atom is 0.328 e. The van der Waals surface area contributed by atoms with E-state index in [1.165, 1.54) is 25.0 Å². The van der Waals surface area contributed by atoms with Crippen molar-refractivity contribution in [1.29, 1.82) is 0 Å². The zero-order valence-electron chi connectivity index (χ0n) is 12.1. The minimum atomic E-state index is -1.08. The summed E-state index contributed by atoms with van der Waals surface area (Å²) >= 11 is 0. The van der Waals surface area contributed by atoms with Crippen molar-refractivity contribution in [2.24, 2.45) is 0 Å². The number of carbonyl (C=O) groups is 1. The fourth-order valence-corrected chi connectivity index (χ4v) is 2.00. The van der Waals surface area contributed by atoms with E-state index in [9.17, 15) is 9.18 Å². The molecule has 1 N–H and O–H groups in total. The molecule has 0 saturated heterocycles. The number of unbranched alkanes of at least 4 members (excludes halogenated alkanes) is 2. The van der Waals surface area contributed by atoms with Crippen LogP contribution in [-0.4, -0.2) is 29.6 Å². The van der Waals surface area contributed by atoms with Crippen molar-refractivity contribution in [3.8, 4) is 0 Å². The van der Waals surface area contributed by atoms with E-state index < -0.39 is 11.8 Å². The number of carboxylic acid groups (broad SMARTS) is 1. The Balaban J connectivity index is 2.67. The van der Waals surface area contributed by atoms with Crippen molar-refractivity contribution < 1.29 is 14.3 Å². The highest BCUT2D eigenvalue weighted by Crippen LogP contribution is 2.14. The Kier molecular flexibility index (Phi) is 6.94. The molecule has 0 radical (unpaired) electrons. The Hall–Kier alpha value is -1.68. The standard InChI is InChI=1S/C16H22FNO2/c1-3-4-5-10-18(2)12-13-6-8-15(17)14(11-13)7-9-16(19)20/h6-9,11H,3-5,10,12H2,1-2H3,(H,19,20). The molecular weight excluding hydrogens is 257 g/mol. The number of aliphatic carboxylic acids is 1.